The Labute approximate surface area is 145 Å². The van der Waals surface area contributed by atoms with Gasteiger partial charge in [-0.15, -0.1) is 0 Å². The number of ether oxygens (including phenoxy) is 1. The Hall–Kier alpha value is -1.59. The van der Waals surface area contributed by atoms with Gasteiger partial charge in [0.25, 0.3) is 0 Å². The summed E-state index contributed by atoms with van der Waals surface area (Å²) in [6.45, 7) is 6.82. The van der Waals surface area contributed by atoms with Crippen molar-refractivity contribution in [2.45, 2.75) is 45.3 Å². The van der Waals surface area contributed by atoms with Gasteiger partial charge in [0, 0.05) is 19.0 Å². The number of benzene rings is 1. The van der Waals surface area contributed by atoms with E-state index in [-0.39, 0.29) is 12.5 Å². The smallest absolute Gasteiger partial charge is 0.220 e. The summed E-state index contributed by atoms with van der Waals surface area (Å²) in [6, 6.07) is 7.83. The van der Waals surface area contributed by atoms with Gasteiger partial charge >= 0.3 is 0 Å². The first-order chi connectivity index (χ1) is 11.5. The van der Waals surface area contributed by atoms with Crippen molar-refractivity contribution in [2.75, 3.05) is 26.7 Å². The van der Waals surface area contributed by atoms with Gasteiger partial charge in [-0.3, -0.25) is 4.79 Å². The van der Waals surface area contributed by atoms with Gasteiger partial charge in [-0.2, -0.15) is 0 Å². The van der Waals surface area contributed by atoms with Crippen molar-refractivity contribution in [1.29, 1.82) is 0 Å². The van der Waals surface area contributed by atoms with Crippen molar-refractivity contribution in [3.05, 3.63) is 29.8 Å². The summed E-state index contributed by atoms with van der Waals surface area (Å²) in [7, 11) is 1.61. The minimum atomic E-state index is -0.692. The van der Waals surface area contributed by atoms with E-state index in [1.165, 1.54) is 0 Å². The summed E-state index contributed by atoms with van der Waals surface area (Å²) in [5.74, 6) is 1.24. The highest BCUT2D eigenvalue weighted by Crippen LogP contribution is 2.22. The van der Waals surface area contributed by atoms with Crippen molar-refractivity contribution in [3.63, 3.8) is 0 Å². The third-order valence-electron chi connectivity index (χ3n) is 4.85. The Balaban J connectivity index is 1.71. The Bertz CT molecular complexity index is 508. The maximum absolute atomic E-state index is 12.1. The molecule has 1 fully saturated rings. The molecule has 5 heteroatoms. The monoisotopic (exact) mass is 334 g/mol. The topological polar surface area (TPSA) is 61.8 Å². The van der Waals surface area contributed by atoms with Crippen LogP contribution in [0.15, 0.2) is 24.3 Å². The number of nitrogens with zero attached hydrogens (tertiary/aromatic N) is 1. The minimum Gasteiger partial charge on any atom is -0.497 e. The van der Waals surface area contributed by atoms with E-state index < -0.39 is 6.10 Å². The van der Waals surface area contributed by atoms with Crippen LogP contribution in [0.25, 0.3) is 0 Å². The number of carbonyl (C=O) groups excluding carboxylic acids is 1. The predicted molar refractivity (Wildman–Crippen MR) is 95.0 cm³/mol. The summed E-state index contributed by atoms with van der Waals surface area (Å²) in [4.78, 5) is 14.6. The number of aliphatic hydroxyl groups is 1. The first-order valence-electron chi connectivity index (χ1n) is 8.82. The van der Waals surface area contributed by atoms with E-state index in [1.54, 1.807) is 7.11 Å². The van der Waals surface area contributed by atoms with E-state index in [0.717, 1.165) is 37.2 Å². The summed E-state index contributed by atoms with van der Waals surface area (Å²) in [6.07, 6.45) is 2.02. The van der Waals surface area contributed by atoms with E-state index in [1.807, 2.05) is 24.3 Å². The quantitative estimate of drug-likeness (QED) is 0.803. The Morgan fingerprint density at radius 2 is 1.92 bits per heavy atom. The fraction of sp³-hybridized carbons (Fsp3) is 0.632. The van der Waals surface area contributed by atoms with Crippen LogP contribution in [0.1, 0.15) is 44.8 Å². The lowest BCUT2D eigenvalue weighted by Crippen LogP contribution is -2.40. The average Bonchev–Trinajstić information content (AvgIpc) is 2.60. The van der Waals surface area contributed by atoms with Crippen LogP contribution in [-0.4, -0.2) is 48.7 Å². The molecular formula is C19H30N2O3. The highest BCUT2D eigenvalue weighted by atomic mass is 16.5. The molecule has 1 aromatic rings. The van der Waals surface area contributed by atoms with E-state index >= 15 is 0 Å². The lowest BCUT2D eigenvalue weighted by molar-refractivity contribution is -0.122. The van der Waals surface area contributed by atoms with Crippen LogP contribution in [0.2, 0.25) is 0 Å². The third-order valence-corrected chi connectivity index (χ3v) is 4.85. The molecule has 0 saturated carbocycles. The zero-order chi connectivity index (χ0) is 17.5. The van der Waals surface area contributed by atoms with Crippen LogP contribution < -0.4 is 10.1 Å². The molecule has 0 bridgehead atoms. The van der Waals surface area contributed by atoms with E-state index in [2.05, 4.69) is 24.1 Å². The molecule has 5 nitrogen and oxygen atoms in total. The Morgan fingerprint density at radius 3 is 2.46 bits per heavy atom. The number of likely N-dealkylation sites (tertiary alicyclic amines) is 1. The molecule has 0 aromatic heterocycles. The van der Waals surface area contributed by atoms with Crippen molar-refractivity contribution in [2.24, 2.45) is 5.92 Å². The van der Waals surface area contributed by atoms with Crippen LogP contribution in [0.5, 0.6) is 5.75 Å². The fourth-order valence-corrected chi connectivity index (χ4v) is 3.16. The first kappa shape index (κ1) is 18.7. The number of hydrogen-bond acceptors (Lipinski definition) is 4. The van der Waals surface area contributed by atoms with Crippen molar-refractivity contribution in [1.82, 2.24) is 10.2 Å². The molecule has 24 heavy (non-hydrogen) atoms. The number of piperidine rings is 1. The average molecular weight is 334 g/mol. The largest absolute Gasteiger partial charge is 0.497 e. The summed E-state index contributed by atoms with van der Waals surface area (Å²) >= 11 is 0. The standard InChI is InChI=1S/C19H30N2O3/c1-14(2)21-10-8-15(9-11-21)12-19(23)20-13-18(22)16-4-6-17(24-3)7-5-16/h4-7,14-15,18,22H,8-13H2,1-3H3,(H,20,23)/t18-/m1/s1. The van der Waals surface area contributed by atoms with E-state index in [9.17, 15) is 9.90 Å². The first-order valence-corrected chi connectivity index (χ1v) is 8.82. The second-order valence-corrected chi connectivity index (χ2v) is 6.87. The molecule has 2 N–H and O–H groups in total. The SMILES string of the molecule is COc1ccc([C@H](O)CNC(=O)CC2CCN(C(C)C)CC2)cc1. The molecule has 0 aliphatic carbocycles. The second kappa shape index (κ2) is 9.04. The lowest BCUT2D eigenvalue weighted by Gasteiger charge is -2.34. The van der Waals surface area contributed by atoms with Crippen LogP contribution in [0.4, 0.5) is 0 Å². The van der Waals surface area contributed by atoms with Crippen molar-refractivity contribution >= 4 is 5.91 Å². The van der Waals surface area contributed by atoms with Crippen molar-refractivity contribution < 1.29 is 14.6 Å². The molecule has 0 unspecified atom stereocenters. The van der Waals surface area contributed by atoms with Crippen LogP contribution >= 0.6 is 0 Å². The molecule has 1 heterocycles. The van der Waals surface area contributed by atoms with Crippen LogP contribution in [-0.2, 0) is 4.79 Å². The van der Waals surface area contributed by atoms with Gasteiger partial charge in [-0.1, -0.05) is 12.1 Å². The van der Waals surface area contributed by atoms with Crippen LogP contribution in [0.3, 0.4) is 0 Å². The molecule has 134 valence electrons. The van der Waals surface area contributed by atoms with Crippen molar-refractivity contribution in [3.8, 4) is 5.75 Å². The number of rotatable bonds is 7. The molecule has 1 aromatic carbocycles. The zero-order valence-electron chi connectivity index (χ0n) is 15.0. The minimum absolute atomic E-state index is 0.0329. The van der Waals surface area contributed by atoms with Gasteiger partial charge in [0.1, 0.15) is 5.75 Å². The summed E-state index contributed by atoms with van der Waals surface area (Å²) in [5.41, 5.74) is 0.779. The van der Waals surface area contributed by atoms with Gasteiger partial charge in [-0.05, 0) is 63.4 Å². The Kier molecular flexibility index (Phi) is 7.06. The maximum atomic E-state index is 12.1. The molecule has 2 rings (SSSR count). The molecule has 1 aliphatic rings. The maximum Gasteiger partial charge on any atom is 0.220 e. The van der Waals surface area contributed by atoms with E-state index in [4.69, 9.17) is 4.74 Å². The number of methoxy groups -OCH3 is 1. The molecule has 1 atom stereocenters. The zero-order valence-corrected chi connectivity index (χ0v) is 15.0. The number of carbonyl (C=O) groups is 1. The Morgan fingerprint density at radius 1 is 1.29 bits per heavy atom. The molecular weight excluding hydrogens is 304 g/mol. The lowest BCUT2D eigenvalue weighted by atomic mass is 9.92. The molecule has 1 amide bonds. The molecule has 1 saturated heterocycles. The fourth-order valence-electron chi connectivity index (χ4n) is 3.16. The number of amides is 1. The highest BCUT2D eigenvalue weighted by Gasteiger charge is 2.22. The predicted octanol–water partition coefficient (Wildman–Crippen LogP) is 2.36. The van der Waals surface area contributed by atoms with E-state index in [0.29, 0.717) is 18.4 Å². The van der Waals surface area contributed by atoms with Gasteiger partial charge in [0.05, 0.1) is 13.2 Å². The second-order valence-electron chi connectivity index (χ2n) is 6.87. The molecule has 0 radical (unpaired) electrons. The number of hydrogen-bond donors (Lipinski definition) is 2. The molecule has 0 spiro atoms. The summed E-state index contributed by atoms with van der Waals surface area (Å²) in [5, 5.41) is 13.0. The van der Waals surface area contributed by atoms with Crippen LogP contribution in [0, 0.1) is 5.92 Å². The van der Waals surface area contributed by atoms with Gasteiger partial charge in [0.15, 0.2) is 0 Å². The normalized spacial score (nSPS) is 17.7. The number of aliphatic hydroxyl groups excluding tert-OH is 1. The molecule has 1 aliphatic heterocycles. The third kappa shape index (κ3) is 5.49. The van der Waals surface area contributed by atoms with Gasteiger partial charge < -0.3 is 20.1 Å². The highest BCUT2D eigenvalue weighted by molar-refractivity contribution is 5.76. The number of nitrogens with one attached hydrogen (secondary N) is 1. The van der Waals surface area contributed by atoms with Gasteiger partial charge in [-0.25, -0.2) is 0 Å². The van der Waals surface area contributed by atoms with Gasteiger partial charge in [0.2, 0.25) is 5.91 Å². The summed E-state index contributed by atoms with van der Waals surface area (Å²) < 4.78 is 5.10.